The molecule has 0 aliphatic carbocycles. The lowest BCUT2D eigenvalue weighted by molar-refractivity contribution is 0.0943. The number of halogens is 1. The van der Waals surface area contributed by atoms with Gasteiger partial charge in [0, 0.05) is 12.6 Å². The van der Waals surface area contributed by atoms with Crippen molar-refractivity contribution in [2.24, 2.45) is 5.73 Å². The molecule has 8 heteroatoms. The van der Waals surface area contributed by atoms with Crippen molar-refractivity contribution in [2.75, 3.05) is 20.8 Å². The Bertz CT molecular complexity index is 618. The Labute approximate surface area is 140 Å². The number of ether oxygens (including phenoxy) is 2. The number of aromatic nitrogens is 2. The first-order valence-electron chi connectivity index (χ1n) is 6.69. The molecule has 1 aromatic carbocycles. The molecule has 0 aliphatic rings. The minimum absolute atomic E-state index is 0. The fraction of sp³-hybridized carbons (Fsp3) is 0.267. The maximum Gasteiger partial charge on any atom is 0.262 e. The largest absolute Gasteiger partial charge is 0.480 e. The van der Waals surface area contributed by atoms with Gasteiger partial charge in [-0.15, -0.1) is 12.4 Å². The lowest BCUT2D eigenvalue weighted by Gasteiger charge is -2.15. The Morgan fingerprint density at radius 1 is 1.17 bits per heavy atom. The number of methoxy groups -OCH3 is 2. The maximum absolute atomic E-state index is 12.3. The monoisotopic (exact) mass is 338 g/mol. The molecule has 1 aromatic heterocycles. The topological polar surface area (TPSA) is 99.4 Å². The van der Waals surface area contributed by atoms with Crippen molar-refractivity contribution in [3.8, 4) is 11.8 Å². The van der Waals surface area contributed by atoms with E-state index in [1.54, 1.807) is 0 Å². The molecule has 7 nitrogen and oxygen atoms in total. The Balaban J connectivity index is 0.00000264. The second kappa shape index (κ2) is 8.92. The maximum atomic E-state index is 12.3. The molecule has 0 saturated heterocycles. The van der Waals surface area contributed by atoms with Crippen molar-refractivity contribution in [3.63, 3.8) is 0 Å². The first-order valence-corrected chi connectivity index (χ1v) is 6.69. The van der Waals surface area contributed by atoms with Crippen LogP contribution in [0.25, 0.3) is 0 Å². The summed E-state index contributed by atoms with van der Waals surface area (Å²) in [6.45, 7) is 0.268. The van der Waals surface area contributed by atoms with Gasteiger partial charge in [0.25, 0.3) is 5.91 Å². The van der Waals surface area contributed by atoms with E-state index in [9.17, 15) is 4.79 Å². The number of hydrogen-bond acceptors (Lipinski definition) is 6. The zero-order valence-corrected chi connectivity index (χ0v) is 13.7. The van der Waals surface area contributed by atoms with Crippen LogP contribution in [0.1, 0.15) is 22.0 Å². The van der Waals surface area contributed by atoms with Gasteiger partial charge < -0.3 is 20.5 Å². The molecule has 124 valence electrons. The first kappa shape index (κ1) is 18.7. The van der Waals surface area contributed by atoms with E-state index >= 15 is 0 Å². The van der Waals surface area contributed by atoms with Crippen LogP contribution < -0.4 is 20.5 Å². The van der Waals surface area contributed by atoms with Gasteiger partial charge >= 0.3 is 0 Å². The Morgan fingerprint density at radius 2 is 1.74 bits per heavy atom. The number of nitrogens with zero attached hydrogens (tertiary/aromatic N) is 2. The van der Waals surface area contributed by atoms with Crippen molar-refractivity contribution in [1.82, 2.24) is 15.3 Å². The van der Waals surface area contributed by atoms with E-state index in [1.165, 1.54) is 20.5 Å². The number of nitrogens with two attached hydrogens (primary N) is 1. The fourth-order valence-corrected chi connectivity index (χ4v) is 1.97. The number of rotatable bonds is 6. The van der Waals surface area contributed by atoms with Crippen LogP contribution in [0.5, 0.6) is 11.8 Å². The summed E-state index contributed by atoms with van der Waals surface area (Å²) in [5.41, 5.74) is 7.14. The predicted octanol–water partition coefficient (Wildman–Crippen LogP) is 1.35. The van der Waals surface area contributed by atoms with Crippen LogP contribution in [-0.2, 0) is 0 Å². The van der Waals surface area contributed by atoms with Crippen molar-refractivity contribution in [3.05, 3.63) is 47.8 Å². The smallest absolute Gasteiger partial charge is 0.262 e. The standard InChI is InChI=1S/C15H18N4O3.ClH/c1-21-14-12(15(22-2)19-9-18-14)13(20)17-8-11(16)10-6-4-3-5-7-10;/h3-7,9,11H,8,16H2,1-2H3,(H,17,20);1H. The highest BCUT2D eigenvalue weighted by Gasteiger charge is 2.21. The van der Waals surface area contributed by atoms with E-state index in [1.807, 2.05) is 30.3 Å². The van der Waals surface area contributed by atoms with E-state index in [4.69, 9.17) is 15.2 Å². The summed E-state index contributed by atoms with van der Waals surface area (Å²) in [7, 11) is 2.85. The van der Waals surface area contributed by atoms with Gasteiger partial charge in [0.15, 0.2) is 5.56 Å². The molecule has 0 saturated carbocycles. The van der Waals surface area contributed by atoms with Gasteiger partial charge in [-0.25, -0.2) is 9.97 Å². The molecule has 1 unspecified atom stereocenters. The molecule has 2 aromatic rings. The summed E-state index contributed by atoms with van der Waals surface area (Å²) >= 11 is 0. The molecule has 0 radical (unpaired) electrons. The van der Waals surface area contributed by atoms with Crippen LogP contribution in [-0.4, -0.2) is 36.6 Å². The van der Waals surface area contributed by atoms with Gasteiger partial charge in [-0.2, -0.15) is 0 Å². The molecule has 0 aliphatic heterocycles. The summed E-state index contributed by atoms with van der Waals surface area (Å²) < 4.78 is 10.2. The van der Waals surface area contributed by atoms with Crippen LogP contribution >= 0.6 is 12.4 Å². The van der Waals surface area contributed by atoms with Crippen LogP contribution in [0.15, 0.2) is 36.7 Å². The fourth-order valence-electron chi connectivity index (χ4n) is 1.97. The number of amides is 1. The number of carbonyl (C=O) groups excluding carboxylic acids is 1. The summed E-state index contributed by atoms with van der Waals surface area (Å²) in [6.07, 6.45) is 1.27. The SMILES string of the molecule is COc1ncnc(OC)c1C(=O)NCC(N)c1ccccc1.Cl. The van der Waals surface area contributed by atoms with Crippen molar-refractivity contribution < 1.29 is 14.3 Å². The van der Waals surface area contributed by atoms with E-state index in [-0.39, 0.29) is 42.3 Å². The summed E-state index contributed by atoms with van der Waals surface area (Å²) in [5, 5.41) is 2.74. The second-order valence-corrected chi connectivity index (χ2v) is 4.49. The number of hydrogen-bond donors (Lipinski definition) is 2. The molecular weight excluding hydrogens is 320 g/mol. The van der Waals surface area contributed by atoms with Crippen molar-refractivity contribution in [1.29, 1.82) is 0 Å². The number of nitrogens with one attached hydrogen (secondary N) is 1. The normalized spacial score (nSPS) is 11.1. The zero-order chi connectivity index (χ0) is 15.9. The molecule has 3 N–H and O–H groups in total. The lowest BCUT2D eigenvalue weighted by atomic mass is 10.1. The molecule has 0 fully saturated rings. The molecular formula is C15H19ClN4O3. The summed E-state index contributed by atoms with van der Waals surface area (Å²) in [4.78, 5) is 20.1. The number of benzene rings is 1. The second-order valence-electron chi connectivity index (χ2n) is 4.49. The highest BCUT2D eigenvalue weighted by atomic mass is 35.5. The van der Waals surface area contributed by atoms with Gasteiger partial charge in [-0.05, 0) is 5.56 Å². The van der Waals surface area contributed by atoms with Crippen LogP contribution in [0, 0.1) is 0 Å². The van der Waals surface area contributed by atoms with Gasteiger partial charge in [-0.1, -0.05) is 30.3 Å². The number of carbonyl (C=O) groups is 1. The van der Waals surface area contributed by atoms with Crippen molar-refractivity contribution in [2.45, 2.75) is 6.04 Å². The van der Waals surface area contributed by atoms with Crippen LogP contribution in [0.4, 0.5) is 0 Å². The molecule has 1 heterocycles. The van der Waals surface area contributed by atoms with Crippen LogP contribution in [0.2, 0.25) is 0 Å². The third-order valence-corrected chi connectivity index (χ3v) is 3.10. The molecule has 2 rings (SSSR count). The highest BCUT2D eigenvalue weighted by molar-refractivity contribution is 5.98. The summed E-state index contributed by atoms with van der Waals surface area (Å²) in [5.74, 6) is -0.101. The highest BCUT2D eigenvalue weighted by Crippen LogP contribution is 2.23. The molecule has 1 amide bonds. The first-order chi connectivity index (χ1) is 10.7. The molecule has 0 bridgehead atoms. The third kappa shape index (κ3) is 4.54. The van der Waals surface area contributed by atoms with Gasteiger partial charge in [0.2, 0.25) is 11.8 Å². The van der Waals surface area contributed by atoms with Crippen LogP contribution in [0.3, 0.4) is 0 Å². The average Bonchev–Trinajstić information content (AvgIpc) is 2.59. The van der Waals surface area contributed by atoms with E-state index in [2.05, 4.69) is 15.3 Å². The van der Waals surface area contributed by atoms with E-state index in [0.29, 0.717) is 0 Å². The van der Waals surface area contributed by atoms with E-state index < -0.39 is 5.91 Å². The Morgan fingerprint density at radius 3 is 2.26 bits per heavy atom. The average molecular weight is 339 g/mol. The predicted molar refractivity (Wildman–Crippen MR) is 88.1 cm³/mol. The molecule has 1 atom stereocenters. The zero-order valence-electron chi connectivity index (χ0n) is 12.9. The minimum atomic E-state index is -0.402. The minimum Gasteiger partial charge on any atom is -0.480 e. The Hall–Kier alpha value is -2.38. The Kier molecular flexibility index (Phi) is 7.24. The quantitative estimate of drug-likeness (QED) is 0.824. The molecule has 0 spiro atoms. The summed E-state index contributed by atoms with van der Waals surface area (Å²) in [6, 6.07) is 9.20. The molecule has 23 heavy (non-hydrogen) atoms. The van der Waals surface area contributed by atoms with Gasteiger partial charge in [0.05, 0.1) is 14.2 Å². The van der Waals surface area contributed by atoms with Gasteiger partial charge in [0.1, 0.15) is 6.33 Å². The lowest BCUT2D eigenvalue weighted by Crippen LogP contribution is -2.32. The van der Waals surface area contributed by atoms with Crippen molar-refractivity contribution >= 4 is 18.3 Å². The van der Waals surface area contributed by atoms with Gasteiger partial charge in [-0.3, -0.25) is 4.79 Å². The third-order valence-electron chi connectivity index (χ3n) is 3.10. The van der Waals surface area contributed by atoms with E-state index in [0.717, 1.165) is 5.56 Å².